The molecular weight excluding hydrogens is 389 g/mol. The maximum atomic E-state index is 11.4. The summed E-state index contributed by atoms with van der Waals surface area (Å²) < 4.78 is 0. The van der Waals surface area contributed by atoms with Crippen LogP contribution in [0.1, 0.15) is 23.2 Å². The van der Waals surface area contributed by atoms with Gasteiger partial charge in [-0.05, 0) is 13.3 Å². The van der Waals surface area contributed by atoms with Gasteiger partial charge >= 0.3 is 0 Å². The summed E-state index contributed by atoms with van der Waals surface area (Å²) in [5.41, 5.74) is 0. The fourth-order valence-electron chi connectivity index (χ4n) is 1.35. The zero-order chi connectivity index (χ0) is 14.1. The normalized spacial score (nSPS) is 10.7. The minimum atomic E-state index is -0.0325. The first-order valence-electron chi connectivity index (χ1n) is 6.28. The number of guanidine groups is 1. The Hall–Kier alpha value is -0.900. The molecule has 0 fully saturated rings. The monoisotopic (exact) mass is 411 g/mol. The van der Waals surface area contributed by atoms with Crippen molar-refractivity contribution in [1.29, 1.82) is 0 Å². The smallest absolute Gasteiger partial charge is 0.239 e. The van der Waals surface area contributed by atoms with E-state index in [0.717, 1.165) is 11.4 Å². The number of carbonyl (C=O) groups excluding carboxylic acids is 1. The average molecular weight is 411 g/mol. The van der Waals surface area contributed by atoms with Crippen LogP contribution in [-0.4, -0.2) is 37.0 Å². The van der Waals surface area contributed by atoms with Gasteiger partial charge in [0.05, 0.1) is 13.1 Å². The van der Waals surface area contributed by atoms with Crippen LogP contribution in [0.15, 0.2) is 11.2 Å². The van der Waals surface area contributed by atoms with Crippen LogP contribution in [0, 0.1) is 6.92 Å². The van der Waals surface area contributed by atoms with Gasteiger partial charge in [0.15, 0.2) is 5.96 Å². The number of halogens is 1. The molecule has 0 saturated carbocycles. The summed E-state index contributed by atoms with van der Waals surface area (Å²) in [4.78, 5) is 20.9. The molecule has 0 bridgehead atoms. The van der Waals surface area contributed by atoms with Crippen LogP contribution in [-0.2, 0) is 11.3 Å². The van der Waals surface area contributed by atoms with Crippen LogP contribution >= 0.6 is 35.3 Å². The molecule has 1 amide bonds. The van der Waals surface area contributed by atoms with E-state index in [1.54, 1.807) is 18.4 Å². The van der Waals surface area contributed by atoms with Gasteiger partial charge in [-0.25, -0.2) is 4.98 Å². The number of carbonyl (C=O) groups is 1. The third-order valence-corrected chi connectivity index (χ3v) is 3.20. The van der Waals surface area contributed by atoms with Crippen molar-refractivity contribution >= 4 is 47.2 Å². The van der Waals surface area contributed by atoms with Crippen molar-refractivity contribution in [2.24, 2.45) is 4.99 Å². The van der Waals surface area contributed by atoms with Gasteiger partial charge in [-0.2, -0.15) is 0 Å². The number of thiazole rings is 1. The molecule has 0 atom stereocenters. The number of hydrogen-bond acceptors (Lipinski definition) is 4. The van der Waals surface area contributed by atoms with E-state index in [1.807, 2.05) is 20.0 Å². The number of hydrogen-bond donors (Lipinski definition) is 3. The molecule has 8 heteroatoms. The number of nitrogens with one attached hydrogen (secondary N) is 3. The molecule has 6 nitrogen and oxygen atoms in total. The predicted octanol–water partition coefficient (Wildman–Crippen LogP) is 1.26. The second-order valence-electron chi connectivity index (χ2n) is 3.99. The second-order valence-corrected chi connectivity index (χ2v) is 5.31. The number of rotatable bonds is 6. The molecule has 1 aromatic heterocycles. The Morgan fingerprint density at radius 2 is 2.15 bits per heavy atom. The van der Waals surface area contributed by atoms with Crippen LogP contribution < -0.4 is 16.0 Å². The Bertz CT molecular complexity index is 435. The Morgan fingerprint density at radius 1 is 1.40 bits per heavy atom. The molecule has 0 aliphatic rings. The van der Waals surface area contributed by atoms with Gasteiger partial charge in [0.1, 0.15) is 5.01 Å². The van der Waals surface area contributed by atoms with Gasteiger partial charge in [0.25, 0.3) is 0 Å². The van der Waals surface area contributed by atoms with E-state index < -0.39 is 0 Å². The molecule has 0 spiro atoms. The van der Waals surface area contributed by atoms with E-state index in [2.05, 4.69) is 25.9 Å². The number of aromatic nitrogens is 1. The molecule has 3 N–H and O–H groups in total. The van der Waals surface area contributed by atoms with E-state index in [-0.39, 0.29) is 36.4 Å². The number of aryl methyl sites for hydroxylation is 1. The Balaban J connectivity index is 0.00000361. The SMILES string of the molecule is CCCNC(=O)CNC(=NC)NCc1ncc(C)s1.I. The quantitative estimate of drug-likeness (QED) is 0.374. The zero-order valence-corrected chi connectivity index (χ0v) is 15.2. The van der Waals surface area contributed by atoms with E-state index in [9.17, 15) is 4.79 Å². The topological polar surface area (TPSA) is 78.4 Å². The fourth-order valence-corrected chi connectivity index (χ4v) is 2.08. The summed E-state index contributed by atoms with van der Waals surface area (Å²) in [6.45, 7) is 5.56. The lowest BCUT2D eigenvalue weighted by Gasteiger charge is -2.10. The van der Waals surface area contributed by atoms with Gasteiger partial charge in [-0.3, -0.25) is 9.79 Å². The first-order valence-corrected chi connectivity index (χ1v) is 7.10. The molecule has 20 heavy (non-hydrogen) atoms. The van der Waals surface area contributed by atoms with Crippen LogP contribution in [0.4, 0.5) is 0 Å². The van der Waals surface area contributed by atoms with Gasteiger partial charge in [0, 0.05) is 24.7 Å². The molecule has 0 aromatic carbocycles. The Labute approximate surface area is 140 Å². The average Bonchev–Trinajstić information content (AvgIpc) is 2.82. The first kappa shape index (κ1) is 19.1. The number of amides is 1. The molecular formula is C12H22IN5OS. The van der Waals surface area contributed by atoms with Gasteiger partial charge in [-0.15, -0.1) is 35.3 Å². The predicted molar refractivity (Wildman–Crippen MR) is 93.8 cm³/mol. The molecule has 114 valence electrons. The highest BCUT2D eigenvalue weighted by atomic mass is 127. The molecule has 1 aromatic rings. The van der Waals surface area contributed by atoms with Crippen molar-refractivity contribution in [1.82, 2.24) is 20.9 Å². The van der Waals surface area contributed by atoms with Crippen LogP contribution in [0.2, 0.25) is 0 Å². The van der Waals surface area contributed by atoms with Crippen molar-refractivity contribution < 1.29 is 4.79 Å². The number of aliphatic imine (C=N–C) groups is 1. The molecule has 1 heterocycles. The summed E-state index contributed by atoms with van der Waals surface area (Å²) in [5.74, 6) is 0.564. The molecule has 0 aliphatic carbocycles. The largest absolute Gasteiger partial charge is 0.355 e. The maximum Gasteiger partial charge on any atom is 0.239 e. The fraction of sp³-hybridized carbons (Fsp3) is 0.583. The highest BCUT2D eigenvalue weighted by Crippen LogP contribution is 2.10. The molecule has 0 radical (unpaired) electrons. The summed E-state index contributed by atoms with van der Waals surface area (Å²) in [5, 5.41) is 9.87. The van der Waals surface area contributed by atoms with Crippen molar-refractivity contribution in [2.45, 2.75) is 26.8 Å². The van der Waals surface area contributed by atoms with Crippen molar-refractivity contribution in [3.63, 3.8) is 0 Å². The van der Waals surface area contributed by atoms with E-state index >= 15 is 0 Å². The third-order valence-electron chi connectivity index (χ3n) is 2.29. The lowest BCUT2D eigenvalue weighted by atomic mass is 10.4. The lowest BCUT2D eigenvalue weighted by molar-refractivity contribution is -0.120. The van der Waals surface area contributed by atoms with Gasteiger partial charge in [0.2, 0.25) is 5.91 Å². The summed E-state index contributed by atoms with van der Waals surface area (Å²) in [7, 11) is 1.67. The minimum absolute atomic E-state index is 0. The summed E-state index contributed by atoms with van der Waals surface area (Å²) in [6, 6.07) is 0. The lowest BCUT2D eigenvalue weighted by Crippen LogP contribution is -2.43. The van der Waals surface area contributed by atoms with E-state index in [0.29, 0.717) is 19.0 Å². The van der Waals surface area contributed by atoms with Crippen LogP contribution in [0.5, 0.6) is 0 Å². The Kier molecular flexibility index (Phi) is 10.3. The standard InChI is InChI=1S/C12H21N5OS.HI/c1-4-5-14-10(18)7-16-12(13-3)17-8-11-15-6-9(2)19-11;/h6H,4-5,7-8H2,1-3H3,(H,14,18)(H2,13,16,17);1H. The van der Waals surface area contributed by atoms with Crippen molar-refractivity contribution in [3.8, 4) is 0 Å². The zero-order valence-electron chi connectivity index (χ0n) is 12.0. The summed E-state index contributed by atoms with van der Waals surface area (Å²) in [6.07, 6.45) is 2.78. The van der Waals surface area contributed by atoms with E-state index in [4.69, 9.17) is 0 Å². The molecule has 0 saturated heterocycles. The summed E-state index contributed by atoms with van der Waals surface area (Å²) >= 11 is 1.64. The third kappa shape index (κ3) is 7.63. The minimum Gasteiger partial charge on any atom is -0.355 e. The highest BCUT2D eigenvalue weighted by molar-refractivity contribution is 14.0. The Morgan fingerprint density at radius 3 is 2.70 bits per heavy atom. The second kappa shape index (κ2) is 10.8. The van der Waals surface area contributed by atoms with Crippen molar-refractivity contribution in [2.75, 3.05) is 20.1 Å². The maximum absolute atomic E-state index is 11.4. The van der Waals surface area contributed by atoms with E-state index in [1.165, 1.54) is 4.88 Å². The van der Waals surface area contributed by atoms with Gasteiger partial charge < -0.3 is 16.0 Å². The van der Waals surface area contributed by atoms with Crippen LogP contribution in [0.3, 0.4) is 0 Å². The van der Waals surface area contributed by atoms with Crippen LogP contribution in [0.25, 0.3) is 0 Å². The molecule has 0 unspecified atom stereocenters. The highest BCUT2D eigenvalue weighted by Gasteiger charge is 2.04. The van der Waals surface area contributed by atoms with Crippen molar-refractivity contribution in [3.05, 3.63) is 16.1 Å². The van der Waals surface area contributed by atoms with Gasteiger partial charge in [-0.1, -0.05) is 6.92 Å². The first-order chi connectivity index (χ1) is 9.15. The molecule has 1 rings (SSSR count). The molecule has 0 aliphatic heterocycles. The number of nitrogens with zero attached hydrogens (tertiary/aromatic N) is 2.